The van der Waals surface area contributed by atoms with Crippen molar-refractivity contribution >= 4 is 17.6 Å². The number of rotatable bonds is 7. The Balaban J connectivity index is 2.07. The third-order valence-electron chi connectivity index (χ3n) is 3.82. The molecular formula is C16H21N3O5. The lowest BCUT2D eigenvalue weighted by atomic mass is 10.1. The van der Waals surface area contributed by atoms with Gasteiger partial charge in [0.1, 0.15) is 5.56 Å². The number of Topliss-reactive ketones (excluding diaryl/α,β-unsaturated/α-hetero) is 1. The molecule has 0 fully saturated rings. The minimum atomic E-state index is -0.729. The van der Waals surface area contributed by atoms with Gasteiger partial charge in [-0.25, -0.2) is 4.79 Å². The van der Waals surface area contributed by atoms with Crippen LogP contribution in [-0.4, -0.2) is 41.8 Å². The van der Waals surface area contributed by atoms with E-state index >= 15 is 0 Å². The highest BCUT2D eigenvalue weighted by molar-refractivity contribution is 6.01. The van der Waals surface area contributed by atoms with Crippen LogP contribution in [0.1, 0.15) is 37.8 Å². The zero-order chi connectivity index (χ0) is 17.9. The average Bonchev–Trinajstić information content (AvgIpc) is 3.02. The maximum Gasteiger partial charge on any atom is 0.346 e. The molecular weight excluding hydrogens is 314 g/mol. The van der Waals surface area contributed by atoms with E-state index in [0.717, 1.165) is 11.4 Å². The highest BCUT2D eigenvalue weighted by Crippen LogP contribution is 2.18. The molecule has 0 aliphatic carbocycles. The zero-order valence-corrected chi connectivity index (χ0v) is 14.2. The summed E-state index contributed by atoms with van der Waals surface area (Å²) in [5, 5.41) is 3.58. The number of carbonyl (C=O) groups excluding carboxylic acids is 2. The van der Waals surface area contributed by atoms with Crippen molar-refractivity contribution in [2.24, 2.45) is 0 Å². The van der Waals surface area contributed by atoms with Gasteiger partial charge >= 0.3 is 5.97 Å². The van der Waals surface area contributed by atoms with Crippen LogP contribution in [-0.2, 0) is 16.0 Å². The van der Waals surface area contributed by atoms with Crippen LogP contribution in [0.25, 0.3) is 0 Å². The summed E-state index contributed by atoms with van der Waals surface area (Å²) in [6.45, 7) is 6.15. The van der Waals surface area contributed by atoms with Crippen molar-refractivity contribution in [3.8, 4) is 0 Å². The molecule has 0 spiro atoms. The van der Waals surface area contributed by atoms with Crippen molar-refractivity contribution in [3.63, 3.8) is 0 Å². The first-order chi connectivity index (χ1) is 11.4. The van der Waals surface area contributed by atoms with Crippen molar-refractivity contribution in [3.05, 3.63) is 34.3 Å². The predicted octanol–water partition coefficient (Wildman–Crippen LogP) is 1.67. The number of aromatic nitrogens is 2. The second kappa shape index (κ2) is 7.31. The van der Waals surface area contributed by atoms with Crippen LogP contribution in [0, 0.1) is 20.8 Å². The van der Waals surface area contributed by atoms with E-state index in [1.165, 1.54) is 0 Å². The number of ether oxygens (including phenoxy) is 2. The Morgan fingerprint density at radius 2 is 2.04 bits per heavy atom. The van der Waals surface area contributed by atoms with E-state index in [0.29, 0.717) is 24.4 Å². The number of aryl methyl sites for hydroxylation is 2. The fourth-order valence-corrected chi connectivity index (χ4v) is 2.53. The molecule has 0 saturated heterocycles. The van der Waals surface area contributed by atoms with Gasteiger partial charge in [-0.05, 0) is 26.8 Å². The first kappa shape index (κ1) is 17.7. The van der Waals surface area contributed by atoms with Crippen LogP contribution in [0.15, 0.2) is 10.6 Å². The minimum absolute atomic E-state index is 0.0494. The lowest BCUT2D eigenvalue weighted by Crippen LogP contribution is -2.16. The maximum atomic E-state index is 12.4. The van der Waals surface area contributed by atoms with Crippen LogP contribution in [0.2, 0.25) is 0 Å². The smallest absolute Gasteiger partial charge is 0.346 e. The molecule has 0 aliphatic rings. The zero-order valence-electron chi connectivity index (χ0n) is 14.2. The fraction of sp³-hybridized carbons (Fsp3) is 0.438. The molecule has 0 aliphatic heterocycles. The Kier molecular flexibility index (Phi) is 5.40. The summed E-state index contributed by atoms with van der Waals surface area (Å²) < 4.78 is 16.8. The maximum absolute atomic E-state index is 12.4. The summed E-state index contributed by atoms with van der Waals surface area (Å²) in [5.41, 5.74) is 8.17. The van der Waals surface area contributed by atoms with Crippen LogP contribution in [0.4, 0.5) is 5.88 Å². The molecule has 2 N–H and O–H groups in total. The largest absolute Gasteiger partial charge is 0.453 e. The van der Waals surface area contributed by atoms with Gasteiger partial charge in [-0.15, -0.1) is 0 Å². The highest BCUT2D eigenvalue weighted by Gasteiger charge is 2.22. The van der Waals surface area contributed by atoms with Crippen molar-refractivity contribution in [1.29, 1.82) is 0 Å². The van der Waals surface area contributed by atoms with Gasteiger partial charge in [-0.3, -0.25) is 4.79 Å². The molecule has 0 aromatic carbocycles. The summed E-state index contributed by atoms with van der Waals surface area (Å²) in [6.07, 6.45) is 0. The molecule has 2 heterocycles. The van der Waals surface area contributed by atoms with Crippen molar-refractivity contribution in [2.45, 2.75) is 27.3 Å². The summed E-state index contributed by atoms with van der Waals surface area (Å²) in [6, 6.07) is 1.78. The number of carbonyl (C=O) groups is 2. The van der Waals surface area contributed by atoms with E-state index in [-0.39, 0.29) is 23.8 Å². The second-order valence-corrected chi connectivity index (χ2v) is 5.44. The number of methoxy groups -OCH3 is 1. The first-order valence-corrected chi connectivity index (χ1v) is 7.44. The van der Waals surface area contributed by atoms with Crippen molar-refractivity contribution in [1.82, 2.24) is 9.72 Å². The molecule has 0 atom stereocenters. The number of ketones is 1. The summed E-state index contributed by atoms with van der Waals surface area (Å²) in [4.78, 5) is 24.4. The Hall–Kier alpha value is -2.61. The van der Waals surface area contributed by atoms with Crippen LogP contribution in [0.3, 0.4) is 0 Å². The van der Waals surface area contributed by atoms with E-state index in [1.807, 2.05) is 18.4 Å². The number of nitrogens with zero attached hydrogens (tertiary/aromatic N) is 2. The Bertz CT molecular complexity index is 741. The van der Waals surface area contributed by atoms with Gasteiger partial charge in [0.25, 0.3) is 0 Å². The molecule has 0 unspecified atom stereocenters. The lowest BCUT2D eigenvalue weighted by Gasteiger charge is -2.09. The highest BCUT2D eigenvalue weighted by atomic mass is 16.5. The molecule has 0 bridgehead atoms. The molecule has 24 heavy (non-hydrogen) atoms. The summed E-state index contributed by atoms with van der Waals surface area (Å²) in [5.74, 6) is -1.14. The van der Waals surface area contributed by atoms with Gasteiger partial charge in [0.05, 0.1) is 12.3 Å². The molecule has 0 saturated carbocycles. The van der Waals surface area contributed by atoms with Crippen LogP contribution >= 0.6 is 0 Å². The van der Waals surface area contributed by atoms with E-state index in [4.69, 9.17) is 19.7 Å². The van der Waals surface area contributed by atoms with Crippen LogP contribution < -0.4 is 5.73 Å². The molecule has 8 heteroatoms. The average molecular weight is 335 g/mol. The molecule has 2 aromatic rings. The molecule has 130 valence electrons. The minimum Gasteiger partial charge on any atom is -0.453 e. The van der Waals surface area contributed by atoms with Gasteiger partial charge in [-0.2, -0.15) is 0 Å². The van der Waals surface area contributed by atoms with E-state index in [1.54, 1.807) is 20.1 Å². The SMILES string of the molecule is COCCn1c(C)cc(C(=O)COC(=O)c2c(C)noc2N)c1C. The Morgan fingerprint density at radius 3 is 2.62 bits per heavy atom. The van der Waals surface area contributed by atoms with Gasteiger partial charge in [0.15, 0.2) is 6.61 Å². The number of hydrogen-bond donors (Lipinski definition) is 1. The standard InChI is InChI=1S/C16H21N3O5/c1-9-7-12(11(3)19(9)5-6-22-4)13(20)8-23-16(21)14-10(2)18-24-15(14)17/h7H,5-6,8,17H2,1-4H3. The number of anilines is 1. The van der Waals surface area contributed by atoms with E-state index in [9.17, 15) is 9.59 Å². The van der Waals surface area contributed by atoms with Crippen molar-refractivity contribution < 1.29 is 23.6 Å². The first-order valence-electron chi connectivity index (χ1n) is 7.44. The second-order valence-electron chi connectivity index (χ2n) is 5.44. The normalized spacial score (nSPS) is 10.8. The predicted molar refractivity (Wildman–Crippen MR) is 86.0 cm³/mol. The van der Waals surface area contributed by atoms with E-state index < -0.39 is 5.97 Å². The number of nitrogen functional groups attached to an aromatic ring is 1. The fourth-order valence-electron chi connectivity index (χ4n) is 2.53. The number of esters is 1. The van der Waals surface area contributed by atoms with Crippen LogP contribution in [0.5, 0.6) is 0 Å². The Labute approximate surface area is 139 Å². The quantitative estimate of drug-likeness (QED) is 0.605. The van der Waals surface area contributed by atoms with Crippen molar-refractivity contribution in [2.75, 3.05) is 26.1 Å². The topological polar surface area (TPSA) is 110 Å². The molecule has 8 nitrogen and oxygen atoms in total. The number of nitrogens with two attached hydrogens (primary N) is 1. The molecule has 0 amide bonds. The molecule has 2 rings (SSSR count). The third-order valence-corrected chi connectivity index (χ3v) is 3.82. The monoisotopic (exact) mass is 335 g/mol. The number of hydrogen-bond acceptors (Lipinski definition) is 7. The Morgan fingerprint density at radius 1 is 1.33 bits per heavy atom. The molecule has 0 radical (unpaired) electrons. The van der Waals surface area contributed by atoms with Gasteiger partial charge < -0.3 is 24.3 Å². The van der Waals surface area contributed by atoms with Gasteiger partial charge in [0, 0.05) is 30.6 Å². The van der Waals surface area contributed by atoms with Gasteiger partial charge in [0.2, 0.25) is 11.7 Å². The third kappa shape index (κ3) is 3.48. The summed E-state index contributed by atoms with van der Waals surface area (Å²) >= 11 is 0. The molecule has 2 aromatic heterocycles. The lowest BCUT2D eigenvalue weighted by molar-refractivity contribution is 0.0474. The van der Waals surface area contributed by atoms with E-state index in [2.05, 4.69) is 5.16 Å². The van der Waals surface area contributed by atoms with Gasteiger partial charge in [-0.1, -0.05) is 5.16 Å². The summed E-state index contributed by atoms with van der Waals surface area (Å²) in [7, 11) is 1.62.